The predicted molar refractivity (Wildman–Crippen MR) is 88.7 cm³/mol. The van der Waals surface area contributed by atoms with Crippen molar-refractivity contribution in [2.24, 2.45) is 0 Å². The van der Waals surface area contributed by atoms with Gasteiger partial charge in [-0.15, -0.1) is 0 Å². The average molecular weight is 357 g/mol. The molecule has 6 nitrogen and oxygen atoms in total. The average Bonchev–Trinajstić information content (AvgIpc) is 3.16. The van der Waals surface area contributed by atoms with Crippen LogP contribution in [0.15, 0.2) is 41.3 Å². The van der Waals surface area contributed by atoms with E-state index in [2.05, 4.69) is 25.0 Å². The van der Waals surface area contributed by atoms with Crippen molar-refractivity contribution in [1.82, 2.24) is 25.0 Å². The summed E-state index contributed by atoms with van der Waals surface area (Å²) < 4.78 is 32.1. The van der Waals surface area contributed by atoms with Gasteiger partial charge < -0.3 is 4.52 Å². The molecule has 26 heavy (non-hydrogen) atoms. The molecule has 8 heteroatoms. The summed E-state index contributed by atoms with van der Waals surface area (Å²) in [6.07, 6.45) is 7.67. The molecule has 1 aliphatic rings. The van der Waals surface area contributed by atoms with Crippen molar-refractivity contribution in [3.8, 4) is 11.5 Å². The molecule has 0 amide bonds. The molecule has 0 aliphatic carbocycles. The summed E-state index contributed by atoms with van der Waals surface area (Å²) in [4.78, 5) is 14.8. The second kappa shape index (κ2) is 7.25. The van der Waals surface area contributed by atoms with Crippen molar-refractivity contribution < 1.29 is 13.3 Å². The van der Waals surface area contributed by atoms with Crippen molar-refractivity contribution >= 4 is 0 Å². The monoisotopic (exact) mass is 357 g/mol. The number of benzene rings is 1. The van der Waals surface area contributed by atoms with Crippen LogP contribution in [0.25, 0.3) is 11.5 Å². The largest absolute Gasteiger partial charge is 0.337 e. The molecule has 1 aromatic carbocycles. The van der Waals surface area contributed by atoms with Gasteiger partial charge >= 0.3 is 0 Å². The fraction of sp³-hybridized carbons (Fsp3) is 0.333. The number of halogens is 2. The van der Waals surface area contributed by atoms with E-state index in [1.807, 2.05) is 0 Å². The lowest BCUT2D eigenvalue weighted by Crippen LogP contribution is -2.33. The van der Waals surface area contributed by atoms with Gasteiger partial charge in [0.25, 0.3) is 0 Å². The van der Waals surface area contributed by atoms with E-state index in [0.29, 0.717) is 29.5 Å². The fourth-order valence-corrected chi connectivity index (χ4v) is 3.22. The van der Waals surface area contributed by atoms with Gasteiger partial charge in [-0.1, -0.05) is 17.6 Å². The Morgan fingerprint density at radius 3 is 2.88 bits per heavy atom. The third-order valence-corrected chi connectivity index (χ3v) is 4.50. The molecule has 1 atom stereocenters. The minimum Gasteiger partial charge on any atom is -0.337 e. The van der Waals surface area contributed by atoms with Crippen molar-refractivity contribution in [2.45, 2.75) is 31.8 Å². The number of likely N-dealkylation sites (tertiary alicyclic amines) is 1. The predicted octanol–water partition coefficient (Wildman–Crippen LogP) is 3.53. The highest BCUT2D eigenvalue weighted by molar-refractivity contribution is 5.45. The molecule has 3 aromatic rings. The first-order chi connectivity index (χ1) is 12.7. The van der Waals surface area contributed by atoms with E-state index in [1.165, 1.54) is 6.07 Å². The minimum atomic E-state index is -0.838. The van der Waals surface area contributed by atoms with E-state index in [-0.39, 0.29) is 6.04 Å². The van der Waals surface area contributed by atoms with Crippen molar-refractivity contribution in [1.29, 1.82) is 0 Å². The smallest absolute Gasteiger partial charge is 0.244 e. The number of piperidine rings is 1. The van der Waals surface area contributed by atoms with E-state index in [4.69, 9.17) is 4.52 Å². The topological polar surface area (TPSA) is 67.9 Å². The maximum Gasteiger partial charge on any atom is 0.244 e. The Morgan fingerprint density at radius 1 is 1.15 bits per heavy atom. The standard InChI is InChI=1S/C18H17F2N5O/c19-13-5-4-12(9-14(13)20)11-25-8-2-1-3-16(25)18-23-17(24-26-18)15-10-21-6-7-22-15/h4-7,9-10,16H,1-3,8,11H2/t16-/m1/s1. The highest BCUT2D eigenvalue weighted by Crippen LogP contribution is 2.32. The van der Waals surface area contributed by atoms with Crippen LogP contribution in [0.3, 0.4) is 0 Å². The second-order valence-corrected chi connectivity index (χ2v) is 6.28. The molecular weight excluding hydrogens is 340 g/mol. The van der Waals surface area contributed by atoms with Crippen LogP contribution in [0, 0.1) is 11.6 Å². The molecule has 3 heterocycles. The summed E-state index contributed by atoms with van der Waals surface area (Å²) in [5.74, 6) is -0.771. The fourth-order valence-electron chi connectivity index (χ4n) is 3.22. The molecular formula is C18H17F2N5O. The highest BCUT2D eigenvalue weighted by Gasteiger charge is 2.29. The Bertz CT molecular complexity index is 886. The maximum atomic E-state index is 13.5. The summed E-state index contributed by atoms with van der Waals surface area (Å²) in [7, 11) is 0. The number of hydrogen-bond acceptors (Lipinski definition) is 6. The Morgan fingerprint density at radius 2 is 2.08 bits per heavy atom. The minimum absolute atomic E-state index is 0.0604. The van der Waals surface area contributed by atoms with E-state index >= 15 is 0 Å². The molecule has 134 valence electrons. The number of rotatable bonds is 4. The van der Waals surface area contributed by atoms with Crippen LogP contribution >= 0.6 is 0 Å². The van der Waals surface area contributed by atoms with Gasteiger partial charge in [0.05, 0.1) is 12.2 Å². The molecule has 0 saturated carbocycles. The van der Waals surface area contributed by atoms with Gasteiger partial charge in [-0.3, -0.25) is 9.88 Å². The zero-order valence-electron chi connectivity index (χ0n) is 14.0. The SMILES string of the molecule is Fc1ccc(CN2CCCC[C@@H]2c2nc(-c3cnccn3)no2)cc1F. The van der Waals surface area contributed by atoms with Crippen LogP contribution < -0.4 is 0 Å². The molecule has 0 unspecified atom stereocenters. The third kappa shape index (κ3) is 3.45. The number of nitrogens with zero attached hydrogens (tertiary/aromatic N) is 5. The molecule has 2 aromatic heterocycles. The quantitative estimate of drug-likeness (QED) is 0.712. The van der Waals surface area contributed by atoms with Gasteiger partial charge in [0, 0.05) is 18.9 Å². The highest BCUT2D eigenvalue weighted by atomic mass is 19.2. The molecule has 1 aliphatic heterocycles. The molecule has 4 rings (SSSR count). The molecule has 0 radical (unpaired) electrons. The summed E-state index contributed by atoms with van der Waals surface area (Å²) in [5.41, 5.74) is 1.26. The Hall–Kier alpha value is -2.74. The van der Waals surface area contributed by atoms with E-state index < -0.39 is 11.6 Å². The lowest BCUT2D eigenvalue weighted by molar-refractivity contribution is 0.111. The molecule has 1 saturated heterocycles. The van der Waals surface area contributed by atoms with E-state index in [1.54, 1.807) is 24.7 Å². The summed E-state index contributed by atoms with van der Waals surface area (Å²) >= 11 is 0. The Balaban J connectivity index is 1.56. The normalized spacial score (nSPS) is 18.2. The van der Waals surface area contributed by atoms with Crippen LogP contribution in [0.2, 0.25) is 0 Å². The van der Waals surface area contributed by atoms with Crippen molar-refractivity contribution in [3.05, 3.63) is 59.9 Å². The molecule has 1 fully saturated rings. The molecule has 0 spiro atoms. The van der Waals surface area contributed by atoms with E-state index in [0.717, 1.165) is 31.9 Å². The first-order valence-corrected chi connectivity index (χ1v) is 8.48. The lowest BCUT2D eigenvalue weighted by Gasteiger charge is -2.33. The van der Waals surface area contributed by atoms with Crippen LogP contribution in [-0.4, -0.2) is 31.6 Å². The maximum absolute atomic E-state index is 13.5. The number of hydrogen-bond donors (Lipinski definition) is 0. The van der Waals surface area contributed by atoms with Crippen molar-refractivity contribution in [3.63, 3.8) is 0 Å². The van der Waals surface area contributed by atoms with Gasteiger partial charge in [-0.2, -0.15) is 4.98 Å². The third-order valence-electron chi connectivity index (χ3n) is 4.50. The van der Waals surface area contributed by atoms with Crippen molar-refractivity contribution in [2.75, 3.05) is 6.54 Å². The zero-order chi connectivity index (χ0) is 17.9. The van der Waals surface area contributed by atoms with Gasteiger partial charge in [-0.05, 0) is 37.1 Å². The van der Waals surface area contributed by atoms with Gasteiger partial charge in [-0.25, -0.2) is 13.8 Å². The summed E-state index contributed by atoms with van der Waals surface area (Å²) in [6.45, 7) is 1.32. The van der Waals surface area contributed by atoms with Gasteiger partial charge in [0.15, 0.2) is 11.6 Å². The first-order valence-electron chi connectivity index (χ1n) is 8.48. The van der Waals surface area contributed by atoms with Crippen LogP contribution in [0.1, 0.15) is 36.8 Å². The van der Waals surface area contributed by atoms with Crippen LogP contribution in [0.5, 0.6) is 0 Å². The number of aromatic nitrogens is 4. The summed E-state index contributed by atoms with van der Waals surface area (Å²) in [5, 5.41) is 4.00. The molecule has 0 N–H and O–H groups in total. The first kappa shape index (κ1) is 16.7. The Labute approximate surface area is 148 Å². The second-order valence-electron chi connectivity index (χ2n) is 6.28. The lowest BCUT2D eigenvalue weighted by atomic mass is 10.0. The van der Waals surface area contributed by atoms with Crippen LogP contribution in [0.4, 0.5) is 8.78 Å². The van der Waals surface area contributed by atoms with E-state index in [9.17, 15) is 8.78 Å². The van der Waals surface area contributed by atoms with Crippen LogP contribution in [-0.2, 0) is 6.54 Å². The van der Waals surface area contributed by atoms with Gasteiger partial charge in [0.1, 0.15) is 5.69 Å². The Kier molecular flexibility index (Phi) is 4.66. The van der Waals surface area contributed by atoms with Gasteiger partial charge in [0.2, 0.25) is 11.7 Å². The zero-order valence-corrected chi connectivity index (χ0v) is 14.0. The summed E-state index contributed by atoms with van der Waals surface area (Å²) in [6, 6.07) is 3.93. The molecule has 0 bridgehead atoms.